The van der Waals surface area contributed by atoms with Gasteiger partial charge < -0.3 is 30.2 Å². The summed E-state index contributed by atoms with van der Waals surface area (Å²) in [6.45, 7) is 0.395. The van der Waals surface area contributed by atoms with E-state index < -0.39 is 12.0 Å². The lowest BCUT2D eigenvalue weighted by atomic mass is 9.93. The molecular weight excluding hydrogens is 374 g/mol. The molecule has 1 aromatic carbocycles. The molecule has 0 unspecified atom stereocenters. The molecule has 3 rings (SSSR count). The van der Waals surface area contributed by atoms with E-state index in [-0.39, 0.29) is 6.03 Å². The molecule has 2 aliphatic rings. The molecule has 2 amide bonds. The Kier molecular flexibility index (Phi) is 6.98. The molecule has 1 aliphatic heterocycles. The second kappa shape index (κ2) is 9.65. The van der Waals surface area contributed by atoms with Crippen LogP contribution in [0.1, 0.15) is 43.7 Å². The number of carbonyl (C=O) groups is 2. The average molecular weight is 403 g/mol. The molecule has 8 nitrogen and oxygen atoms in total. The van der Waals surface area contributed by atoms with E-state index in [9.17, 15) is 9.59 Å². The van der Waals surface area contributed by atoms with E-state index in [1.54, 1.807) is 32.4 Å². The van der Waals surface area contributed by atoms with Crippen LogP contribution in [0.4, 0.5) is 4.79 Å². The Labute approximate surface area is 171 Å². The highest BCUT2D eigenvalue weighted by Gasteiger charge is 2.34. The number of amides is 2. The molecule has 158 valence electrons. The van der Waals surface area contributed by atoms with E-state index in [1.165, 1.54) is 26.4 Å². The van der Waals surface area contributed by atoms with Gasteiger partial charge in [-0.05, 0) is 30.5 Å². The first-order valence-corrected chi connectivity index (χ1v) is 9.91. The number of methoxy groups -OCH3 is 3. The predicted octanol–water partition coefficient (Wildman–Crippen LogP) is 2.41. The minimum atomic E-state index is -0.654. The summed E-state index contributed by atoms with van der Waals surface area (Å²) in [5.41, 5.74) is 1.61. The fourth-order valence-corrected chi connectivity index (χ4v) is 3.94. The van der Waals surface area contributed by atoms with Gasteiger partial charge in [0, 0.05) is 18.3 Å². The molecule has 1 aromatic rings. The van der Waals surface area contributed by atoms with E-state index in [0.717, 1.165) is 12.8 Å². The van der Waals surface area contributed by atoms with Gasteiger partial charge in [-0.2, -0.15) is 0 Å². The van der Waals surface area contributed by atoms with Crippen LogP contribution in [0.5, 0.6) is 11.5 Å². The second-order valence-electron chi connectivity index (χ2n) is 7.25. The second-order valence-corrected chi connectivity index (χ2v) is 7.25. The van der Waals surface area contributed by atoms with Crippen LogP contribution in [0, 0.1) is 0 Å². The molecule has 29 heavy (non-hydrogen) atoms. The molecule has 0 bridgehead atoms. The van der Waals surface area contributed by atoms with Gasteiger partial charge in [0.05, 0.1) is 32.9 Å². The Bertz CT molecular complexity index is 787. The SMILES string of the molecule is COC(=O)C1=C(CNC2CCCCC2)NC(=O)N[C@@H]1c1ccc(OC)c(OC)c1. The van der Waals surface area contributed by atoms with Crippen LogP contribution in [-0.2, 0) is 9.53 Å². The average Bonchev–Trinajstić information content (AvgIpc) is 2.76. The lowest BCUT2D eigenvalue weighted by Gasteiger charge is -2.31. The van der Waals surface area contributed by atoms with E-state index in [4.69, 9.17) is 14.2 Å². The van der Waals surface area contributed by atoms with Crippen molar-refractivity contribution in [2.75, 3.05) is 27.9 Å². The summed E-state index contributed by atoms with van der Waals surface area (Å²) in [5, 5.41) is 9.09. The van der Waals surface area contributed by atoms with Crippen molar-refractivity contribution >= 4 is 12.0 Å². The highest BCUT2D eigenvalue weighted by molar-refractivity contribution is 5.95. The summed E-state index contributed by atoms with van der Waals surface area (Å²) < 4.78 is 15.7. The number of benzene rings is 1. The van der Waals surface area contributed by atoms with Gasteiger partial charge in [-0.3, -0.25) is 0 Å². The van der Waals surface area contributed by atoms with Crippen molar-refractivity contribution in [1.29, 1.82) is 0 Å². The van der Waals surface area contributed by atoms with Gasteiger partial charge >= 0.3 is 12.0 Å². The fraction of sp³-hybridized carbons (Fsp3) is 0.524. The monoisotopic (exact) mass is 403 g/mol. The molecule has 1 atom stereocenters. The maximum Gasteiger partial charge on any atom is 0.338 e. The Balaban J connectivity index is 1.93. The highest BCUT2D eigenvalue weighted by Crippen LogP contribution is 2.34. The Morgan fingerprint density at radius 3 is 2.48 bits per heavy atom. The third-order valence-corrected chi connectivity index (χ3v) is 5.47. The van der Waals surface area contributed by atoms with Crippen molar-refractivity contribution in [3.05, 3.63) is 35.0 Å². The van der Waals surface area contributed by atoms with E-state index in [1.807, 2.05) is 0 Å². The van der Waals surface area contributed by atoms with Crippen LogP contribution in [0.25, 0.3) is 0 Å². The summed E-state index contributed by atoms with van der Waals surface area (Å²) in [6, 6.07) is 4.67. The number of urea groups is 1. The fourth-order valence-electron chi connectivity index (χ4n) is 3.94. The largest absolute Gasteiger partial charge is 0.493 e. The van der Waals surface area contributed by atoms with Crippen LogP contribution >= 0.6 is 0 Å². The molecule has 1 aliphatic carbocycles. The van der Waals surface area contributed by atoms with Crippen molar-refractivity contribution in [2.24, 2.45) is 0 Å². The first-order valence-electron chi connectivity index (χ1n) is 9.91. The molecule has 1 heterocycles. The van der Waals surface area contributed by atoms with Crippen molar-refractivity contribution in [2.45, 2.75) is 44.2 Å². The molecular formula is C21H29N3O5. The lowest BCUT2D eigenvalue weighted by Crippen LogP contribution is -2.48. The molecule has 8 heteroatoms. The Morgan fingerprint density at radius 1 is 1.10 bits per heavy atom. The smallest absolute Gasteiger partial charge is 0.338 e. The van der Waals surface area contributed by atoms with Crippen molar-refractivity contribution in [1.82, 2.24) is 16.0 Å². The van der Waals surface area contributed by atoms with Crippen LogP contribution in [0.2, 0.25) is 0 Å². The van der Waals surface area contributed by atoms with Crippen LogP contribution in [0.15, 0.2) is 29.5 Å². The molecule has 0 radical (unpaired) electrons. The van der Waals surface area contributed by atoms with Crippen molar-refractivity contribution in [3.8, 4) is 11.5 Å². The minimum absolute atomic E-state index is 0.363. The lowest BCUT2D eigenvalue weighted by molar-refractivity contribution is -0.136. The topological polar surface area (TPSA) is 97.9 Å². The van der Waals surface area contributed by atoms with Gasteiger partial charge in [0.25, 0.3) is 0 Å². The Morgan fingerprint density at radius 2 is 1.83 bits per heavy atom. The summed E-state index contributed by atoms with van der Waals surface area (Å²) >= 11 is 0. The number of ether oxygens (including phenoxy) is 3. The number of nitrogens with one attached hydrogen (secondary N) is 3. The zero-order chi connectivity index (χ0) is 20.8. The molecule has 3 N–H and O–H groups in total. The van der Waals surface area contributed by atoms with Gasteiger partial charge in [0.1, 0.15) is 0 Å². The third kappa shape index (κ3) is 4.82. The van der Waals surface area contributed by atoms with Crippen molar-refractivity contribution < 1.29 is 23.8 Å². The zero-order valence-corrected chi connectivity index (χ0v) is 17.2. The van der Waals surface area contributed by atoms with E-state index >= 15 is 0 Å². The van der Waals surface area contributed by atoms with E-state index in [0.29, 0.717) is 40.9 Å². The van der Waals surface area contributed by atoms with Crippen LogP contribution in [-0.4, -0.2) is 45.9 Å². The predicted molar refractivity (Wildman–Crippen MR) is 108 cm³/mol. The van der Waals surface area contributed by atoms with Gasteiger partial charge in [0.2, 0.25) is 0 Å². The minimum Gasteiger partial charge on any atom is -0.493 e. The van der Waals surface area contributed by atoms with Gasteiger partial charge in [-0.25, -0.2) is 9.59 Å². The zero-order valence-electron chi connectivity index (χ0n) is 17.2. The highest BCUT2D eigenvalue weighted by atomic mass is 16.5. The van der Waals surface area contributed by atoms with Crippen LogP contribution in [0.3, 0.4) is 0 Å². The number of hydrogen-bond acceptors (Lipinski definition) is 6. The normalized spacial score (nSPS) is 20.0. The van der Waals surface area contributed by atoms with Crippen LogP contribution < -0.4 is 25.4 Å². The first kappa shape index (κ1) is 21.0. The third-order valence-electron chi connectivity index (χ3n) is 5.47. The number of hydrogen-bond donors (Lipinski definition) is 3. The maximum atomic E-state index is 12.6. The molecule has 1 fully saturated rings. The first-order chi connectivity index (χ1) is 14.1. The number of esters is 1. The number of carbonyl (C=O) groups excluding carboxylic acids is 2. The molecule has 0 aromatic heterocycles. The molecule has 0 spiro atoms. The number of rotatable bonds is 7. The van der Waals surface area contributed by atoms with Gasteiger partial charge in [-0.1, -0.05) is 25.3 Å². The summed E-state index contributed by atoms with van der Waals surface area (Å²) in [5.74, 6) is 0.598. The van der Waals surface area contributed by atoms with E-state index in [2.05, 4.69) is 16.0 Å². The summed E-state index contributed by atoms with van der Waals surface area (Å²) in [7, 11) is 4.43. The standard InChI is InChI=1S/C21H29N3O5/c1-27-16-10-9-13(11-17(16)28-2)19-18(20(25)29-3)15(23-21(26)24-19)12-22-14-7-5-4-6-8-14/h9-11,14,19,22H,4-8,12H2,1-3H3,(H2,23,24,26)/t19-/m1/s1. The summed E-state index contributed by atoms with van der Waals surface area (Å²) in [6.07, 6.45) is 5.86. The van der Waals surface area contributed by atoms with Crippen molar-refractivity contribution in [3.63, 3.8) is 0 Å². The van der Waals surface area contributed by atoms with Gasteiger partial charge in [0.15, 0.2) is 11.5 Å². The summed E-state index contributed by atoms with van der Waals surface area (Å²) in [4.78, 5) is 25.0. The molecule has 0 saturated heterocycles. The Hall–Kier alpha value is -2.74. The quantitative estimate of drug-likeness (QED) is 0.605. The molecule has 1 saturated carbocycles. The maximum absolute atomic E-state index is 12.6. The van der Waals surface area contributed by atoms with Gasteiger partial charge in [-0.15, -0.1) is 0 Å².